The molecule has 234 valence electrons. The number of carbonyl (C=O) groups is 3. The summed E-state index contributed by atoms with van der Waals surface area (Å²) in [6.45, 7) is 9.33. The molecule has 0 aromatic carbocycles. The van der Waals surface area contributed by atoms with E-state index >= 15 is 0 Å². The molecule has 5 rings (SSSR count). The number of nitrogens with one attached hydrogen (secondary N) is 1. The van der Waals surface area contributed by atoms with Gasteiger partial charge >= 0.3 is 5.97 Å². The number of esters is 1. The number of amides is 2. The van der Waals surface area contributed by atoms with Gasteiger partial charge in [-0.3, -0.25) is 19.4 Å². The van der Waals surface area contributed by atoms with E-state index in [1.54, 1.807) is 20.8 Å². The summed E-state index contributed by atoms with van der Waals surface area (Å²) in [6, 6.07) is 3.13. The Morgan fingerprint density at radius 1 is 1.12 bits per heavy atom. The third-order valence-corrected chi connectivity index (χ3v) is 11.1. The van der Waals surface area contributed by atoms with Gasteiger partial charge in [0.25, 0.3) is 0 Å². The molecule has 1 aromatic heterocycles. The van der Waals surface area contributed by atoms with Crippen molar-refractivity contribution in [2.45, 2.75) is 91.7 Å². The molecular weight excluding hydrogens is 542 g/mol. The number of nitrogens with zero attached hydrogens (tertiary/aromatic N) is 2. The van der Waals surface area contributed by atoms with Crippen LogP contribution in [0.15, 0.2) is 42.3 Å². The predicted octanol–water partition coefficient (Wildman–Crippen LogP) is 4.93. The molecule has 2 fully saturated rings. The molecule has 0 bridgehead atoms. The molecule has 43 heavy (non-hydrogen) atoms. The number of allylic oxidation sites excluding steroid dienone is 3. The molecular formula is C35H49N3O5. The zero-order chi connectivity index (χ0) is 31.2. The molecule has 2 amide bonds. The Labute approximate surface area is 256 Å². The summed E-state index contributed by atoms with van der Waals surface area (Å²) in [6.07, 6.45) is 15.7. The van der Waals surface area contributed by atoms with E-state index in [4.69, 9.17) is 4.74 Å². The largest absolute Gasteiger partial charge is 0.461 e. The number of rotatable bonds is 7. The summed E-state index contributed by atoms with van der Waals surface area (Å²) in [5.41, 5.74) is 3.77. The Balaban J connectivity index is 1.19. The van der Waals surface area contributed by atoms with Gasteiger partial charge in [0.05, 0.1) is 6.61 Å². The number of pyridine rings is 1. The monoisotopic (exact) mass is 591 g/mol. The number of hydrogen-bond donors (Lipinski definition) is 2. The predicted molar refractivity (Wildman–Crippen MR) is 165 cm³/mol. The van der Waals surface area contributed by atoms with Crippen molar-refractivity contribution in [2.75, 3.05) is 20.2 Å². The number of aliphatic hydroxyl groups excluding tert-OH is 1. The molecule has 1 aromatic rings. The van der Waals surface area contributed by atoms with E-state index in [9.17, 15) is 19.5 Å². The maximum Gasteiger partial charge on any atom is 0.325 e. The number of fused-ring (bicyclic) bond motifs is 5. The van der Waals surface area contributed by atoms with Gasteiger partial charge in [-0.1, -0.05) is 58.4 Å². The zero-order valence-corrected chi connectivity index (χ0v) is 26.7. The molecule has 0 spiro atoms. The van der Waals surface area contributed by atoms with Crippen LogP contribution in [0, 0.1) is 34.0 Å². The molecule has 7 atom stereocenters. The van der Waals surface area contributed by atoms with Gasteiger partial charge in [0.1, 0.15) is 18.7 Å². The van der Waals surface area contributed by atoms with Crippen LogP contribution in [0.5, 0.6) is 0 Å². The van der Waals surface area contributed by atoms with Crippen LogP contribution in [0.1, 0.15) is 85.1 Å². The number of carbonyl (C=O) groups excluding carboxylic acids is 3. The van der Waals surface area contributed by atoms with Crippen LogP contribution >= 0.6 is 0 Å². The Morgan fingerprint density at radius 3 is 2.53 bits per heavy atom. The molecule has 0 aliphatic heterocycles. The summed E-state index contributed by atoms with van der Waals surface area (Å²) in [7, 11) is 1.49. The van der Waals surface area contributed by atoms with Gasteiger partial charge in [0, 0.05) is 31.3 Å². The molecule has 8 nitrogen and oxygen atoms in total. The highest BCUT2D eigenvalue weighted by atomic mass is 16.5. The molecule has 2 saturated carbocycles. The SMILES string of the molecule is CN(CC(=O)O[C@H]1CC[C@@]2(C)C(=CC[C@@H]3[C@@H]2CC[C@]2(C)C(c4cccnc4)=CC[C@@H]32)C1)C(=O)[C@H](CO)NC(=O)C(C)(C)C. The van der Waals surface area contributed by atoms with Crippen molar-refractivity contribution in [1.29, 1.82) is 0 Å². The third kappa shape index (κ3) is 5.92. The van der Waals surface area contributed by atoms with E-state index in [1.165, 1.54) is 41.5 Å². The van der Waals surface area contributed by atoms with Gasteiger partial charge in [-0.05, 0) is 84.3 Å². The number of likely N-dealkylation sites (N-methyl/N-ethyl adjacent to an activating group) is 1. The number of aromatic nitrogens is 1. The lowest BCUT2D eigenvalue weighted by atomic mass is 9.47. The van der Waals surface area contributed by atoms with Crippen molar-refractivity contribution in [3.8, 4) is 0 Å². The summed E-state index contributed by atoms with van der Waals surface area (Å²) in [5, 5.41) is 12.3. The maximum atomic E-state index is 12.9. The highest BCUT2D eigenvalue weighted by molar-refractivity contribution is 5.91. The standard InChI is InChI=1S/C35H49N3O5/c1-33(2,3)32(42)37-29(21-39)31(41)38(6)20-30(40)43-24-13-15-34(4)23(18-24)9-10-25-27-12-11-26(22-8-7-17-36-19-22)35(27,5)16-14-28(25)34/h7-9,11,17,19,24-25,27-29,39H,10,12-16,18,20-21H2,1-6H3,(H,37,42)/t24-,25-,27-,28-,29-,34-,35+/m0/s1. The number of aliphatic hydroxyl groups is 1. The van der Waals surface area contributed by atoms with E-state index in [0.717, 1.165) is 32.1 Å². The Bertz CT molecular complexity index is 1300. The van der Waals surface area contributed by atoms with Crippen molar-refractivity contribution < 1.29 is 24.2 Å². The van der Waals surface area contributed by atoms with Gasteiger partial charge in [0.2, 0.25) is 11.8 Å². The summed E-state index contributed by atoms with van der Waals surface area (Å²) in [5.74, 6) is 0.583. The second-order valence-electron chi connectivity index (χ2n) is 14.8. The van der Waals surface area contributed by atoms with Crippen molar-refractivity contribution in [3.63, 3.8) is 0 Å². The van der Waals surface area contributed by atoms with E-state index in [0.29, 0.717) is 17.8 Å². The van der Waals surface area contributed by atoms with Crippen molar-refractivity contribution in [3.05, 3.63) is 47.8 Å². The van der Waals surface area contributed by atoms with Crippen LogP contribution in [0.2, 0.25) is 0 Å². The van der Waals surface area contributed by atoms with E-state index in [2.05, 4.69) is 42.4 Å². The van der Waals surface area contributed by atoms with Crippen LogP contribution in [-0.2, 0) is 19.1 Å². The minimum atomic E-state index is -1.10. The van der Waals surface area contributed by atoms with Crippen molar-refractivity contribution >= 4 is 23.4 Å². The van der Waals surface area contributed by atoms with E-state index < -0.39 is 29.9 Å². The Morgan fingerprint density at radius 2 is 1.86 bits per heavy atom. The second kappa shape index (κ2) is 11.8. The second-order valence-corrected chi connectivity index (χ2v) is 14.8. The third-order valence-electron chi connectivity index (χ3n) is 11.1. The first-order valence-electron chi connectivity index (χ1n) is 15.9. The first-order valence-corrected chi connectivity index (χ1v) is 15.9. The highest BCUT2D eigenvalue weighted by Gasteiger charge is 2.57. The Hall–Kier alpha value is -3.00. The average Bonchev–Trinajstić information content (AvgIpc) is 3.32. The van der Waals surface area contributed by atoms with Crippen molar-refractivity contribution in [1.82, 2.24) is 15.2 Å². The fourth-order valence-corrected chi connectivity index (χ4v) is 8.59. The summed E-state index contributed by atoms with van der Waals surface area (Å²) in [4.78, 5) is 43.7. The zero-order valence-electron chi connectivity index (χ0n) is 26.7. The smallest absolute Gasteiger partial charge is 0.325 e. The first kappa shape index (κ1) is 31.4. The summed E-state index contributed by atoms with van der Waals surface area (Å²) < 4.78 is 5.90. The average molecular weight is 592 g/mol. The van der Waals surface area contributed by atoms with Gasteiger partial charge in [0.15, 0.2) is 0 Å². The lowest BCUT2D eigenvalue weighted by Crippen LogP contribution is -2.53. The van der Waals surface area contributed by atoms with Crippen molar-refractivity contribution in [2.24, 2.45) is 34.0 Å². The van der Waals surface area contributed by atoms with Gasteiger partial charge < -0.3 is 20.1 Å². The van der Waals surface area contributed by atoms with Crippen LogP contribution in [-0.4, -0.2) is 65.1 Å². The lowest BCUT2D eigenvalue weighted by molar-refractivity contribution is -0.155. The van der Waals surface area contributed by atoms with Crippen LogP contribution in [0.4, 0.5) is 0 Å². The number of hydrogen-bond acceptors (Lipinski definition) is 6. The fourth-order valence-electron chi connectivity index (χ4n) is 8.59. The van der Waals surface area contributed by atoms with Gasteiger partial charge in [-0.2, -0.15) is 0 Å². The molecule has 8 heteroatoms. The lowest BCUT2D eigenvalue weighted by Gasteiger charge is -2.57. The van der Waals surface area contributed by atoms with E-state index in [-0.39, 0.29) is 29.4 Å². The fraction of sp³-hybridized carbons (Fsp3) is 0.657. The van der Waals surface area contributed by atoms with Gasteiger partial charge in [-0.15, -0.1) is 0 Å². The van der Waals surface area contributed by atoms with E-state index in [1.807, 2.05) is 18.5 Å². The normalized spacial score (nSPS) is 32.3. The Kier molecular flexibility index (Phi) is 8.64. The minimum absolute atomic E-state index is 0.122. The molecule has 0 saturated heterocycles. The highest BCUT2D eigenvalue weighted by Crippen LogP contribution is 2.66. The van der Waals surface area contributed by atoms with Gasteiger partial charge in [-0.25, -0.2) is 0 Å². The number of ether oxygens (including phenoxy) is 1. The topological polar surface area (TPSA) is 109 Å². The molecule has 0 unspecified atom stereocenters. The molecule has 2 N–H and O–H groups in total. The van der Waals surface area contributed by atoms with Crippen LogP contribution in [0.3, 0.4) is 0 Å². The molecule has 1 heterocycles. The molecule has 0 radical (unpaired) electrons. The van der Waals surface area contributed by atoms with Crippen LogP contribution < -0.4 is 5.32 Å². The molecule has 4 aliphatic rings. The molecule has 4 aliphatic carbocycles. The first-order chi connectivity index (χ1) is 20.3. The minimum Gasteiger partial charge on any atom is -0.461 e. The maximum absolute atomic E-state index is 12.9. The quantitative estimate of drug-likeness (QED) is 0.344. The van der Waals surface area contributed by atoms with Crippen LogP contribution in [0.25, 0.3) is 5.57 Å². The summed E-state index contributed by atoms with van der Waals surface area (Å²) >= 11 is 0.